The van der Waals surface area contributed by atoms with Crippen LogP contribution in [0.2, 0.25) is 0 Å². The molecule has 0 amide bonds. The lowest BCUT2D eigenvalue weighted by Crippen LogP contribution is -2.36. The maximum Gasteiger partial charge on any atom is 0.119 e. The zero-order valence-corrected chi connectivity index (χ0v) is 13.8. The van der Waals surface area contributed by atoms with E-state index in [2.05, 4.69) is 17.3 Å². The Morgan fingerprint density at radius 3 is 2.38 bits per heavy atom. The molecule has 1 aliphatic rings. The van der Waals surface area contributed by atoms with Gasteiger partial charge in [0.15, 0.2) is 0 Å². The van der Waals surface area contributed by atoms with Gasteiger partial charge >= 0.3 is 0 Å². The van der Waals surface area contributed by atoms with Crippen LogP contribution >= 0.6 is 12.4 Å². The summed E-state index contributed by atoms with van der Waals surface area (Å²) in [6.07, 6.45) is 2.59. The zero-order valence-electron chi connectivity index (χ0n) is 13.0. The highest BCUT2D eigenvalue weighted by Gasteiger charge is 2.14. The van der Waals surface area contributed by atoms with Crippen molar-refractivity contribution in [3.63, 3.8) is 0 Å². The molecule has 0 radical (unpaired) electrons. The number of nitrogens with zero attached hydrogens (tertiary/aromatic N) is 1. The van der Waals surface area contributed by atoms with Crippen molar-refractivity contribution in [2.45, 2.75) is 12.8 Å². The Bertz CT molecular complexity index is 380. The van der Waals surface area contributed by atoms with Gasteiger partial charge in [-0.2, -0.15) is 0 Å². The molecule has 0 bridgehead atoms. The van der Waals surface area contributed by atoms with Crippen LogP contribution in [0, 0.1) is 5.92 Å². The number of methoxy groups -OCH3 is 1. The van der Waals surface area contributed by atoms with Crippen LogP contribution in [0.5, 0.6) is 11.5 Å². The number of benzene rings is 1. The first-order valence-electron chi connectivity index (χ1n) is 7.44. The SMILES string of the molecule is COc1ccc(OCCN(C)CC2CCNCC2)cc1.Cl. The van der Waals surface area contributed by atoms with Crippen LogP contribution in [-0.4, -0.2) is 51.8 Å². The maximum atomic E-state index is 5.76. The highest BCUT2D eigenvalue weighted by atomic mass is 35.5. The van der Waals surface area contributed by atoms with Gasteiger partial charge in [0.25, 0.3) is 0 Å². The molecule has 1 N–H and O–H groups in total. The highest BCUT2D eigenvalue weighted by Crippen LogP contribution is 2.17. The molecule has 1 fully saturated rings. The van der Waals surface area contributed by atoms with Crippen molar-refractivity contribution in [2.24, 2.45) is 5.92 Å². The van der Waals surface area contributed by atoms with Gasteiger partial charge in [-0.25, -0.2) is 0 Å². The molecule has 1 aromatic carbocycles. The second kappa shape index (κ2) is 9.87. The first kappa shape index (κ1) is 18.1. The predicted molar refractivity (Wildman–Crippen MR) is 88.8 cm³/mol. The van der Waals surface area contributed by atoms with Crippen molar-refractivity contribution in [2.75, 3.05) is 46.9 Å². The van der Waals surface area contributed by atoms with E-state index in [1.54, 1.807) is 7.11 Å². The summed E-state index contributed by atoms with van der Waals surface area (Å²) in [5, 5.41) is 3.41. The van der Waals surface area contributed by atoms with Gasteiger partial charge in [0.2, 0.25) is 0 Å². The fourth-order valence-electron chi connectivity index (χ4n) is 2.59. The third-order valence-electron chi connectivity index (χ3n) is 3.83. The van der Waals surface area contributed by atoms with E-state index in [4.69, 9.17) is 9.47 Å². The summed E-state index contributed by atoms with van der Waals surface area (Å²) in [5.74, 6) is 2.60. The quantitative estimate of drug-likeness (QED) is 0.838. The van der Waals surface area contributed by atoms with Crippen LogP contribution in [0.25, 0.3) is 0 Å². The van der Waals surface area contributed by atoms with E-state index in [1.807, 2.05) is 24.3 Å². The van der Waals surface area contributed by atoms with Crippen LogP contribution < -0.4 is 14.8 Å². The second-order valence-corrected chi connectivity index (χ2v) is 5.48. The summed E-state index contributed by atoms with van der Waals surface area (Å²) >= 11 is 0. The van der Waals surface area contributed by atoms with Gasteiger partial charge in [0.1, 0.15) is 18.1 Å². The van der Waals surface area contributed by atoms with Crippen molar-refractivity contribution >= 4 is 12.4 Å². The summed E-state index contributed by atoms with van der Waals surface area (Å²) in [7, 11) is 3.85. The molecule has 0 spiro atoms. The Morgan fingerprint density at radius 2 is 1.76 bits per heavy atom. The molecule has 4 nitrogen and oxygen atoms in total. The average Bonchev–Trinajstić information content (AvgIpc) is 2.49. The molecule has 5 heteroatoms. The van der Waals surface area contributed by atoms with Crippen LogP contribution in [0.1, 0.15) is 12.8 Å². The van der Waals surface area contributed by atoms with Gasteiger partial charge < -0.3 is 19.7 Å². The van der Waals surface area contributed by atoms with Crippen LogP contribution in [0.4, 0.5) is 0 Å². The molecule has 1 heterocycles. The normalized spacial score (nSPS) is 15.6. The summed E-state index contributed by atoms with van der Waals surface area (Å²) < 4.78 is 10.9. The van der Waals surface area contributed by atoms with Crippen molar-refractivity contribution in [1.82, 2.24) is 10.2 Å². The lowest BCUT2D eigenvalue weighted by atomic mass is 9.98. The largest absolute Gasteiger partial charge is 0.497 e. The van der Waals surface area contributed by atoms with Crippen molar-refractivity contribution in [1.29, 1.82) is 0 Å². The van der Waals surface area contributed by atoms with Crippen molar-refractivity contribution in [3.05, 3.63) is 24.3 Å². The van der Waals surface area contributed by atoms with E-state index in [9.17, 15) is 0 Å². The Labute approximate surface area is 134 Å². The molecular weight excluding hydrogens is 288 g/mol. The van der Waals surface area contributed by atoms with E-state index >= 15 is 0 Å². The van der Waals surface area contributed by atoms with Crippen molar-refractivity contribution < 1.29 is 9.47 Å². The minimum Gasteiger partial charge on any atom is -0.497 e. The molecule has 0 unspecified atom stereocenters. The molecule has 1 aliphatic heterocycles. The lowest BCUT2D eigenvalue weighted by molar-refractivity contribution is 0.199. The minimum absolute atomic E-state index is 0. The van der Waals surface area contributed by atoms with Crippen LogP contribution in [-0.2, 0) is 0 Å². The number of halogens is 1. The standard InChI is InChI=1S/C16H26N2O2.ClH/c1-18(13-14-7-9-17-10-8-14)11-12-20-16-5-3-15(19-2)4-6-16;/h3-6,14,17H,7-13H2,1-2H3;1H. The molecule has 0 atom stereocenters. The van der Waals surface area contributed by atoms with Crippen LogP contribution in [0.3, 0.4) is 0 Å². The van der Waals surface area contributed by atoms with Gasteiger partial charge in [0.05, 0.1) is 7.11 Å². The fourth-order valence-corrected chi connectivity index (χ4v) is 2.59. The number of nitrogens with one attached hydrogen (secondary N) is 1. The van der Waals surface area contributed by atoms with Gasteiger partial charge in [-0.15, -0.1) is 12.4 Å². The molecule has 1 aromatic rings. The number of likely N-dealkylation sites (N-methyl/N-ethyl adjacent to an activating group) is 1. The Balaban J connectivity index is 0.00000220. The number of piperidine rings is 1. The molecule has 0 aliphatic carbocycles. The summed E-state index contributed by atoms with van der Waals surface area (Å²) in [6, 6.07) is 7.75. The Hall–Kier alpha value is -0.970. The predicted octanol–water partition coefficient (Wildman–Crippen LogP) is 2.43. The first-order chi connectivity index (χ1) is 9.78. The van der Waals surface area contributed by atoms with Crippen LogP contribution in [0.15, 0.2) is 24.3 Å². The molecule has 21 heavy (non-hydrogen) atoms. The summed E-state index contributed by atoms with van der Waals surface area (Å²) in [4.78, 5) is 2.37. The van der Waals surface area contributed by atoms with E-state index in [1.165, 1.54) is 32.5 Å². The Kier molecular flexibility index (Phi) is 8.50. The van der Waals surface area contributed by atoms with E-state index in [-0.39, 0.29) is 12.4 Å². The monoisotopic (exact) mass is 314 g/mol. The number of rotatable bonds is 7. The number of hydrogen-bond acceptors (Lipinski definition) is 4. The van der Waals surface area contributed by atoms with Gasteiger partial charge in [-0.3, -0.25) is 0 Å². The molecule has 2 rings (SSSR count). The fraction of sp³-hybridized carbons (Fsp3) is 0.625. The van der Waals surface area contributed by atoms with Gasteiger partial charge in [0, 0.05) is 13.1 Å². The maximum absolute atomic E-state index is 5.76. The molecular formula is C16H27ClN2O2. The summed E-state index contributed by atoms with van der Waals surface area (Å²) in [6.45, 7) is 5.21. The highest BCUT2D eigenvalue weighted by molar-refractivity contribution is 5.85. The van der Waals surface area contributed by atoms with E-state index < -0.39 is 0 Å². The second-order valence-electron chi connectivity index (χ2n) is 5.48. The van der Waals surface area contributed by atoms with E-state index in [0.717, 1.165) is 30.6 Å². The summed E-state index contributed by atoms with van der Waals surface area (Å²) in [5.41, 5.74) is 0. The van der Waals surface area contributed by atoms with Gasteiger partial charge in [-0.1, -0.05) is 0 Å². The minimum atomic E-state index is 0. The topological polar surface area (TPSA) is 33.7 Å². The number of ether oxygens (including phenoxy) is 2. The third-order valence-corrected chi connectivity index (χ3v) is 3.83. The smallest absolute Gasteiger partial charge is 0.119 e. The van der Waals surface area contributed by atoms with Crippen molar-refractivity contribution in [3.8, 4) is 11.5 Å². The van der Waals surface area contributed by atoms with E-state index in [0.29, 0.717) is 0 Å². The zero-order chi connectivity index (χ0) is 14.2. The average molecular weight is 315 g/mol. The first-order valence-corrected chi connectivity index (χ1v) is 7.44. The molecule has 0 saturated carbocycles. The molecule has 120 valence electrons. The number of hydrogen-bond donors (Lipinski definition) is 1. The lowest BCUT2D eigenvalue weighted by Gasteiger charge is -2.27. The molecule has 0 aromatic heterocycles. The Morgan fingerprint density at radius 1 is 1.14 bits per heavy atom. The van der Waals surface area contributed by atoms with Gasteiger partial charge in [-0.05, 0) is 63.2 Å². The third kappa shape index (κ3) is 6.55. The molecule has 1 saturated heterocycles.